The zero-order chi connectivity index (χ0) is 9.11. The molecule has 0 aliphatic carbocycles. The highest BCUT2D eigenvalue weighted by molar-refractivity contribution is 4.99. The van der Waals surface area contributed by atoms with Crippen molar-refractivity contribution in [3.8, 4) is 11.8 Å². The lowest BCUT2D eigenvalue weighted by Gasteiger charge is -1.95. The molecule has 0 heterocycles. The first kappa shape index (κ1) is 12.9. The van der Waals surface area contributed by atoms with E-state index in [0.717, 1.165) is 6.42 Å². The van der Waals surface area contributed by atoms with E-state index in [1.807, 2.05) is 27.7 Å². The van der Waals surface area contributed by atoms with E-state index in [1.54, 1.807) is 0 Å². The number of hydrogen-bond acceptors (Lipinski definition) is 0. The highest BCUT2D eigenvalue weighted by Gasteiger charge is 1.89. The van der Waals surface area contributed by atoms with E-state index in [9.17, 15) is 0 Å². The van der Waals surface area contributed by atoms with E-state index < -0.39 is 0 Å². The third-order valence-electron chi connectivity index (χ3n) is 1.12. The first-order valence-electron chi connectivity index (χ1n) is 4.33. The minimum Gasteiger partial charge on any atom is -0.107 e. The summed E-state index contributed by atoms with van der Waals surface area (Å²) in [7, 11) is 0. The molecule has 0 aromatic heterocycles. The Balaban J connectivity index is 0. The van der Waals surface area contributed by atoms with Gasteiger partial charge >= 0.3 is 0 Å². The van der Waals surface area contributed by atoms with Gasteiger partial charge in [0.1, 0.15) is 0 Å². The molecule has 0 aliphatic rings. The van der Waals surface area contributed by atoms with Crippen LogP contribution >= 0.6 is 0 Å². The molecular formula is C11H20. The SMILES string of the molecule is CC.CC#CC[C@@H](C)/C=C/C. The zero-order valence-electron chi connectivity index (χ0n) is 8.44. The first-order valence-corrected chi connectivity index (χ1v) is 4.33. The van der Waals surface area contributed by atoms with Crippen molar-refractivity contribution >= 4 is 0 Å². The van der Waals surface area contributed by atoms with Crippen LogP contribution < -0.4 is 0 Å². The van der Waals surface area contributed by atoms with Crippen LogP contribution in [0.3, 0.4) is 0 Å². The maximum Gasteiger partial charge on any atom is 0.0149 e. The van der Waals surface area contributed by atoms with Gasteiger partial charge in [0, 0.05) is 6.42 Å². The van der Waals surface area contributed by atoms with Gasteiger partial charge < -0.3 is 0 Å². The quantitative estimate of drug-likeness (QED) is 0.418. The third kappa shape index (κ3) is 12.5. The topological polar surface area (TPSA) is 0 Å². The maximum atomic E-state index is 3.03. The van der Waals surface area contributed by atoms with Gasteiger partial charge in [-0.3, -0.25) is 0 Å². The van der Waals surface area contributed by atoms with Gasteiger partial charge in [0.2, 0.25) is 0 Å². The molecule has 0 amide bonds. The van der Waals surface area contributed by atoms with Crippen molar-refractivity contribution in [1.82, 2.24) is 0 Å². The number of rotatable bonds is 2. The van der Waals surface area contributed by atoms with Gasteiger partial charge in [-0.1, -0.05) is 32.9 Å². The van der Waals surface area contributed by atoms with Crippen LogP contribution in [-0.2, 0) is 0 Å². The largest absolute Gasteiger partial charge is 0.107 e. The Morgan fingerprint density at radius 1 is 1.36 bits per heavy atom. The summed E-state index contributed by atoms with van der Waals surface area (Å²) >= 11 is 0. The summed E-state index contributed by atoms with van der Waals surface area (Å²) < 4.78 is 0. The fraction of sp³-hybridized carbons (Fsp3) is 0.636. The smallest absolute Gasteiger partial charge is 0.0149 e. The molecule has 0 heteroatoms. The molecule has 0 N–H and O–H groups in total. The molecule has 64 valence electrons. The average molecular weight is 152 g/mol. The molecular weight excluding hydrogens is 132 g/mol. The minimum absolute atomic E-state index is 0.613. The van der Waals surface area contributed by atoms with Gasteiger partial charge in [-0.05, 0) is 19.8 Å². The molecule has 1 atom stereocenters. The van der Waals surface area contributed by atoms with Crippen molar-refractivity contribution in [1.29, 1.82) is 0 Å². The molecule has 0 saturated heterocycles. The Hall–Kier alpha value is -0.700. The highest BCUT2D eigenvalue weighted by Crippen LogP contribution is 2.00. The molecule has 0 aliphatic heterocycles. The lowest BCUT2D eigenvalue weighted by atomic mass is 10.1. The predicted molar refractivity (Wildman–Crippen MR) is 53.4 cm³/mol. The van der Waals surface area contributed by atoms with Gasteiger partial charge in [-0.2, -0.15) is 0 Å². The predicted octanol–water partition coefficient (Wildman–Crippen LogP) is 3.64. The normalized spacial score (nSPS) is 11.0. The van der Waals surface area contributed by atoms with Crippen LogP contribution in [0.2, 0.25) is 0 Å². The number of hydrogen-bond donors (Lipinski definition) is 0. The molecule has 0 saturated carbocycles. The Morgan fingerprint density at radius 2 is 1.91 bits per heavy atom. The van der Waals surface area contributed by atoms with Gasteiger partial charge in [-0.15, -0.1) is 11.8 Å². The van der Waals surface area contributed by atoms with Gasteiger partial charge in [0.15, 0.2) is 0 Å². The third-order valence-corrected chi connectivity index (χ3v) is 1.12. The second kappa shape index (κ2) is 12.0. The summed E-state index contributed by atoms with van der Waals surface area (Å²) in [5.41, 5.74) is 0. The second-order valence-corrected chi connectivity index (χ2v) is 2.13. The molecule has 0 bridgehead atoms. The van der Waals surface area contributed by atoms with Crippen molar-refractivity contribution in [2.45, 2.75) is 41.0 Å². The van der Waals surface area contributed by atoms with E-state index >= 15 is 0 Å². The molecule has 11 heavy (non-hydrogen) atoms. The first-order chi connectivity index (χ1) is 5.31. The molecule has 0 unspecified atom stereocenters. The molecule has 0 aromatic carbocycles. The van der Waals surface area contributed by atoms with Crippen LogP contribution in [0.15, 0.2) is 12.2 Å². The average Bonchev–Trinajstić information content (AvgIpc) is 2.05. The maximum absolute atomic E-state index is 3.03. The van der Waals surface area contributed by atoms with Crippen LogP contribution in [0.1, 0.15) is 41.0 Å². The Morgan fingerprint density at radius 3 is 2.27 bits per heavy atom. The Kier molecular flexibility index (Phi) is 14.1. The van der Waals surface area contributed by atoms with Gasteiger partial charge in [0.05, 0.1) is 0 Å². The minimum atomic E-state index is 0.613. The van der Waals surface area contributed by atoms with Crippen molar-refractivity contribution in [2.75, 3.05) is 0 Å². The second-order valence-electron chi connectivity index (χ2n) is 2.13. The summed E-state index contributed by atoms with van der Waals surface area (Å²) in [6, 6.07) is 0. The molecule has 0 nitrogen and oxygen atoms in total. The Labute approximate surface area is 71.7 Å². The molecule has 0 rings (SSSR count). The van der Waals surface area contributed by atoms with Crippen molar-refractivity contribution in [3.05, 3.63) is 12.2 Å². The summed E-state index contributed by atoms with van der Waals surface area (Å²) in [5, 5.41) is 0. The van der Waals surface area contributed by atoms with Crippen LogP contribution in [0, 0.1) is 17.8 Å². The highest BCUT2D eigenvalue weighted by atomic mass is 13.9. The lowest BCUT2D eigenvalue weighted by Crippen LogP contribution is -1.84. The summed E-state index contributed by atoms with van der Waals surface area (Å²) in [5.74, 6) is 6.52. The summed E-state index contributed by atoms with van der Waals surface area (Å²) in [6.45, 7) is 10.1. The summed E-state index contributed by atoms with van der Waals surface area (Å²) in [4.78, 5) is 0. The van der Waals surface area contributed by atoms with E-state index in [2.05, 4.69) is 30.9 Å². The van der Waals surface area contributed by atoms with E-state index in [1.165, 1.54) is 0 Å². The van der Waals surface area contributed by atoms with Gasteiger partial charge in [0.25, 0.3) is 0 Å². The Bertz CT molecular complexity index is 132. The monoisotopic (exact) mass is 152 g/mol. The summed E-state index contributed by atoms with van der Waals surface area (Å²) in [6.07, 6.45) is 5.23. The van der Waals surface area contributed by atoms with E-state index in [0.29, 0.717) is 5.92 Å². The van der Waals surface area contributed by atoms with Crippen molar-refractivity contribution in [2.24, 2.45) is 5.92 Å². The van der Waals surface area contributed by atoms with Gasteiger partial charge in [-0.25, -0.2) is 0 Å². The fourth-order valence-electron chi connectivity index (χ4n) is 0.660. The lowest BCUT2D eigenvalue weighted by molar-refractivity contribution is 0.758. The van der Waals surface area contributed by atoms with Crippen LogP contribution in [0.4, 0.5) is 0 Å². The number of allylic oxidation sites excluding steroid dienone is 2. The fourth-order valence-corrected chi connectivity index (χ4v) is 0.660. The van der Waals surface area contributed by atoms with Crippen molar-refractivity contribution in [3.63, 3.8) is 0 Å². The van der Waals surface area contributed by atoms with Crippen molar-refractivity contribution < 1.29 is 0 Å². The van der Waals surface area contributed by atoms with Crippen LogP contribution in [0.25, 0.3) is 0 Å². The van der Waals surface area contributed by atoms with Crippen LogP contribution in [0.5, 0.6) is 0 Å². The van der Waals surface area contributed by atoms with Crippen LogP contribution in [-0.4, -0.2) is 0 Å². The molecule has 0 aromatic rings. The molecule has 0 spiro atoms. The standard InChI is InChI=1S/C9H14.C2H6/c1-4-6-8-9(3)7-5-2;1-2/h5,7,9H,8H2,1-3H3;1-2H3/b7-5+;/t9-;/m0./s1. The zero-order valence-corrected chi connectivity index (χ0v) is 8.44. The van der Waals surface area contributed by atoms with E-state index in [4.69, 9.17) is 0 Å². The molecule has 0 fully saturated rings. The molecule has 0 radical (unpaired) electrons. The van der Waals surface area contributed by atoms with E-state index in [-0.39, 0.29) is 0 Å².